The summed E-state index contributed by atoms with van der Waals surface area (Å²) in [5.41, 5.74) is 1.60. The van der Waals surface area contributed by atoms with Crippen molar-refractivity contribution < 1.29 is 0 Å². The third kappa shape index (κ3) is 3.94. The van der Waals surface area contributed by atoms with Gasteiger partial charge in [0.15, 0.2) is 0 Å². The Bertz CT molecular complexity index is 478. The van der Waals surface area contributed by atoms with Gasteiger partial charge in [-0.2, -0.15) is 9.90 Å². The van der Waals surface area contributed by atoms with Gasteiger partial charge in [-0.05, 0) is 41.4 Å². The molecule has 0 aromatic carbocycles. The second-order valence-electron chi connectivity index (χ2n) is 4.44. The van der Waals surface area contributed by atoms with Crippen LogP contribution in [0.4, 0.5) is 0 Å². The van der Waals surface area contributed by atoms with E-state index < -0.39 is 0 Å². The molecular weight excluding hydrogens is 365 g/mol. The molecule has 2 rings (SSSR count). The molecule has 0 unspecified atom stereocenters. The van der Waals surface area contributed by atoms with Crippen LogP contribution in [0, 0.1) is 15.0 Å². The van der Waals surface area contributed by atoms with Crippen LogP contribution in [0.3, 0.4) is 0 Å². The number of hydrogen-bond acceptors (Lipinski definition) is 4. The van der Waals surface area contributed by atoms with Gasteiger partial charge in [0.2, 0.25) is 0 Å². The highest BCUT2D eigenvalue weighted by molar-refractivity contribution is 14.1. The summed E-state index contributed by atoms with van der Waals surface area (Å²) in [6.45, 7) is 0.964. The maximum atomic E-state index is 7.58. The van der Waals surface area contributed by atoms with Crippen molar-refractivity contribution in [2.24, 2.45) is 13.0 Å². The van der Waals surface area contributed by atoms with E-state index in [0.717, 1.165) is 27.4 Å². The minimum atomic E-state index is 0.0553. The highest BCUT2D eigenvalue weighted by Gasteiger charge is 2.20. The first-order valence-corrected chi connectivity index (χ1v) is 7.24. The van der Waals surface area contributed by atoms with Crippen LogP contribution in [-0.2, 0) is 13.5 Å². The first-order chi connectivity index (χ1) is 8.56. The lowest BCUT2D eigenvalue weighted by Crippen LogP contribution is -2.12. The lowest BCUT2D eigenvalue weighted by Gasteiger charge is -2.04. The molecule has 2 N–H and O–H groups in total. The Kier molecular flexibility index (Phi) is 4.60. The summed E-state index contributed by atoms with van der Waals surface area (Å²) in [6.07, 6.45) is 4.97. The fraction of sp³-hybridized carbons (Fsp3) is 0.545. The van der Waals surface area contributed by atoms with Crippen LogP contribution in [0.2, 0.25) is 0 Å². The Balaban J connectivity index is 2.00. The Labute approximate surface area is 125 Å². The normalized spacial score (nSPS) is 15.8. The van der Waals surface area contributed by atoms with Gasteiger partial charge in [0, 0.05) is 31.8 Å². The van der Waals surface area contributed by atoms with Crippen molar-refractivity contribution in [3.8, 4) is 0 Å². The van der Waals surface area contributed by atoms with E-state index >= 15 is 0 Å². The summed E-state index contributed by atoms with van der Waals surface area (Å²) in [5.74, 6) is 0.795. The van der Waals surface area contributed by atoms with E-state index in [9.17, 15) is 0 Å². The van der Waals surface area contributed by atoms with Gasteiger partial charge in [-0.1, -0.05) is 11.6 Å². The van der Waals surface area contributed by atoms with Gasteiger partial charge in [-0.15, -0.1) is 5.10 Å². The Morgan fingerprint density at radius 1 is 1.61 bits per heavy atom. The van der Waals surface area contributed by atoms with E-state index in [1.54, 1.807) is 7.05 Å². The molecule has 5 nitrogen and oxygen atoms in total. The van der Waals surface area contributed by atoms with E-state index in [4.69, 9.17) is 17.0 Å². The van der Waals surface area contributed by atoms with Crippen LogP contribution in [0.5, 0.6) is 0 Å². The molecule has 1 fully saturated rings. The fourth-order valence-electron chi connectivity index (χ4n) is 1.57. The molecule has 1 aromatic rings. The van der Waals surface area contributed by atoms with Crippen molar-refractivity contribution in [3.05, 3.63) is 21.2 Å². The van der Waals surface area contributed by atoms with Crippen LogP contribution < -0.4 is 5.32 Å². The molecule has 1 aliphatic rings. The number of aromatic nitrogens is 3. The molecule has 0 saturated heterocycles. The topological polar surface area (TPSA) is 66.6 Å². The number of nitrogens with one attached hydrogen (secondary N) is 2. The van der Waals surface area contributed by atoms with Crippen molar-refractivity contribution in [3.63, 3.8) is 0 Å². The Morgan fingerprint density at radius 3 is 2.83 bits per heavy atom. The summed E-state index contributed by atoms with van der Waals surface area (Å²) in [4.78, 5) is 1.53. The molecule has 0 bridgehead atoms. The predicted molar refractivity (Wildman–Crippen MR) is 79.8 cm³/mol. The number of nitrogens with zero attached hydrogens (tertiary/aromatic N) is 3. The molecule has 1 aromatic heterocycles. The van der Waals surface area contributed by atoms with Gasteiger partial charge in [0.05, 0.1) is 0 Å². The standard InChI is InChI=1S/C11H15ClIN5/c1-18-16-9(11(13)17-18)4-8(10(12)14)6-15-5-7-2-3-7/h6-7,14-15H,2-5H2,1H3/b8-6-,14-10?. The Hall–Kier alpha value is -0.630. The van der Waals surface area contributed by atoms with Crippen molar-refractivity contribution in [2.75, 3.05) is 6.54 Å². The molecule has 1 aliphatic carbocycles. The number of allylic oxidation sites excluding steroid dienone is 1. The largest absolute Gasteiger partial charge is 0.390 e. The van der Waals surface area contributed by atoms with E-state index in [1.807, 2.05) is 6.20 Å². The average Bonchev–Trinajstić information content (AvgIpc) is 3.04. The van der Waals surface area contributed by atoms with Crippen molar-refractivity contribution in [2.45, 2.75) is 19.3 Å². The van der Waals surface area contributed by atoms with Crippen molar-refractivity contribution >= 4 is 39.4 Å². The SMILES string of the molecule is Cn1nc(I)c(C/C(=C/NCC2CC2)C(=N)Cl)n1. The number of halogens is 2. The third-order valence-corrected chi connectivity index (χ3v) is 3.84. The lowest BCUT2D eigenvalue weighted by atomic mass is 10.2. The van der Waals surface area contributed by atoms with Crippen molar-refractivity contribution in [1.29, 1.82) is 5.41 Å². The summed E-state index contributed by atoms with van der Waals surface area (Å²) >= 11 is 7.94. The maximum absolute atomic E-state index is 7.58. The molecule has 1 heterocycles. The van der Waals surface area contributed by atoms with E-state index in [-0.39, 0.29) is 5.17 Å². The number of rotatable bonds is 6. The zero-order valence-corrected chi connectivity index (χ0v) is 13.0. The van der Waals surface area contributed by atoms with E-state index in [1.165, 1.54) is 17.6 Å². The highest BCUT2D eigenvalue weighted by atomic mass is 127. The van der Waals surface area contributed by atoms with E-state index in [2.05, 4.69) is 38.1 Å². The second kappa shape index (κ2) is 6.01. The average molecular weight is 380 g/mol. The molecule has 1 saturated carbocycles. The van der Waals surface area contributed by atoms with Crippen LogP contribution in [0.25, 0.3) is 0 Å². The fourth-order valence-corrected chi connectivity index (χ4v) is 2.31. The second-order valence-corrected chi connectivity index (χ2v) is 5.84. The van der Waals surface area contributed by atoms with E-state index in [0.29, 0.717) is 6.42 Å². The minimum Gasteiger partial charge on any atom is -0.390 e. The Morgan fingerprint density at radius 2 is 2.33 bits per heavy atom. The number of hydrogen-bond donors (Lipinski definition) is 2. The van der Waals surface area contributed by atoms with Gasteiger partial charge in [-0.25, -0.2) is 0 Å². The minimum absolute atomic E-state index is 0.0553. The molecule has 0 aliphatic heterocycles. The highest BCUT2D eigenvalue weighted by Crippen LogP contribution is 2.27. The van der Waals surface area contributed by atoms with Gasteiger partial charge in [-0.3, -0.25) is 5.41 Å². The van der Waals surface area contributed by atoms with Crippen LogP contribution in [-0.4, -0.2) is 26.7 Å². The maximum Gasteiger partial charge on any atom is 0.147 e. The summed E-state index contributed by atoms with van der Waals surface area (Å²) in [5, 5.41) is 19.3. The zero-order chi connectivity index (χ0) is 13.1. The van der Waals surface area contributed by atoms with Gasteiger partial charge >= 0.3 is 0 Å². The van der Waals surface area contributed by atoms with Crippen LogP contribution in [0.15, 0.2) is 11.8 Å². The van der Waals surface area contributed by atoms with Gasteiger partial charge < -0.3 is 5.32 Å². The van der Waals surface area contributed by atoms with Crippen LogP contribution in [0.1, 0.15) is 18.5 Å². The molecule has 18 heavy (non-hydrogen) atoms. The van der Waals surface area contributed by atoms with Crippen LogP contribution >= 0.6 is 34.2 Å². The monoisotopic (exact) mass is 379 g/mol. The molecule has 0 radical (unpaired) electrons. The smallest absolute Gasteiger partial charge is 0.147 e. The molecule has 98 valence electrons. The quantitative estimate of drug-likeness (QED) is 0.587. The molecule has 0 spiro atoms. The van der Waals surface area contributed by atoms with Crippen molar-refractivity contribution in [1.82, 2.24) is 20.3 Å². The van der Waals surface area contributed by atoms with Gasteiger partial charge in [0.1, 0.15) is 14.6 Å². The molecule has 0 atom stereocenters. The zero-order valence-electron chi connectivity index (χ0n) is 10.1. The first kappa shape index (κ1) is 13.8. The summed E-state index contributed by atoms with van der Waals surface area (Å²) in [7, 11) is 1.78. The molecule has 7 heteroatoms. The lowest BCUT2D eigenvalue weighted by molar-refractivity contribution is 0.644. The predicted octanol–water partition coefficient (Wildman–Crippen LogP) is 2.06. The van der Waals surface area contributed by atoms with Gasteiger partial charge in [0.25, 0.3) is 0 Å². The number of aryl methyl sites for hydroxylation is 1. The molecule has 0 amide bonds. The first-order valence-electron chi connectivity index (χ1n) is 5.79. The summed E-state index contributed by atoms with van der Waals surface area (Å²) in [6, 6.07) is 0. The summed E-state index contributed by atoms with van der Waals surface area (Å²) < 4.78 is 0.848. The third-order valence-electron chi connectivity index (χ3n) is 2.76. The molecular formula is C11H15ClIN5.